The zero-order valence-electron chi connectivity index (χ0n) is 8.99. The van der Waals surface area contributed by atoms with E-state index in [2.05, 4.69) is 15.9 Å². The molecule has 0 saturated heterocycles. The number of methoxy groups -OCH3 is 1. The summed E-state index contributed by atoms with van der Waals surface area (Å²) in [4.78, 5) is 12.1. The van der Waals surface area contributed by atoms with E-state index in [9.17, 15) is 4.79 Å². The van der Waals surface area contributed by atoms with Crippen LogP contribution in [0.3, 0.4) is 0 Å². The third-order valence-electron chi connectivity index (χ3n) is 2.66. The smallest absolute Gasteiger partial charge is 0.351 e. The van der Waals surface area contributed by atoms with Crippen LogP contribution in [0.15, 0.2) is 9.85 Å². The molecule has 0 unspecified atom stereocenters. The van der Waals surface area contributed by atoms with E-state index in [0.717, 1.165) is 17.3 Å². The molecule has 0 radical (unpaired) electrons. The summed E-state index contributed by atoms with van der Waals surface area (Å²) in [5.41, 5.74) is 0. The minimum atomic E-state index is -0.330. The number of rotatable bonds is 3. The maximum Gasteiger partial charge on any atom is 0.351 e. The summed E-state index contributed by atoms with van der Waals surface area (Å²) in [6.07, 6.45) is 4.81. The summed E-state index contributed by atoms with van der Waals surface area (Å²) in [5.74, 6) is 0.312. The minimum Gasteiger partial charge on any atom is -0.487 e. The van der Waals surface area contributed by atoms with Crippen molar-refractivity contribution in [1.29, 1.82) is 0 Å². The fourth-order valence-electron chi connectivity index (χ4n) is 1.84. The number of ether oxygens (including phenoxy) is 2. The fourth-order valence-corrected chi connectivity index (χ4v) is 3.32. The van der Waals surface area contributed by atoms with Gasteiger partial charge in [-0.05, 0) is 41.6 Å². The van der Waals surface area contributed by atoms with Crippen molar-refractivity contribution < 1.29 is 14.3 Å². The van der Waals surface area contributed by atoms with Crippen LogP contribution >= 0.6 is 27.3 Å². The van der Waals surface area contributed by atoms with E-state index in [4.69, 9.17) is 9.47 Å². The Hall–Kier alpha value is -0.550. The van der Waals surface area contributed by atoms with Crippen LogP contribution in [-0.2, 0) is 4.74 Å². The lowest BCUT2D eigenvalue weighted by Gasteiger charge is -2.13. The van der Waals surface area contributed by atoms with E-state index < -0.39 is 0 Å². The first kappa shape index (κ1) is 11.9. The molecule has 1 heterocycles. The van der Waals surface area contributed by atoms with Crippen molar-refractivity contribution in [3.05, 3.63) is 14.7 Å². The Morgan fingerprint density at radius 1 is 1.50 bits per heavy atom. The zero-order valence-corrected chi connectivity index (χ0v) is 11.4. The molecule has 88 valence electrons. The first-order valence-corrected chi connectivity index (χ1v) is 6.91. The van der Waals surface area contributed by atoms with E-state index in [1.165, 1.54) is 31.3 Å². The van der Waals surface area contributed by atoms with E-state index in [-0.39, 0.29) is 12.1 Å². The lowest BCUT2D eigenvalue weighted by Crippen LogP contribution is -2.13. The van der Waals surface area contributed by atoms with Gasteiger partial charge in [-0.25, -0.2) is 4.79 Å². The Balaban J connectivity index is 2.17. The molecule has 0 aliphatic heterocycles. The molecule has 0 N–H and O–H groups in total. The predicted octanol–water partition coefficient (Wildman–Crippen LogP) is 3.62. The van der Waals surface area contributed by atoms with Gasteiger partial charge in [-0.1, -0.05) is 0 Å². The van der Waals surface area contributed by atoms with Gasteiger partial charge >= 0.3 is 5.97 Å². The normalized spacial score (nSPS) is 16.4. The van der Waals surface area contributed by atoms with E-state index >= 15 is 0 Å². The molecule has 1 saturated carbocycles. The fraction of sp³-hybridized carbons (Fsp3) is 0.545. The minimum absolute atomic E-state index is 0.245. The van der Waals surface area contributed by atoms with Gasteiger partial charge in [0, 0.05) is 5.38 Å². The van der Waals surface area contributed by atoms with Gasteiger partial charge in [-0.3, -0.25) is 0 Å². The number of carbonyl (C=O) groups is 1. The van der Waals surface area contributed by atoms with Crippen LogP contribution in [0.4, 0.5) is 0 Å². The highest BCUT2D eigenvalue weighted by molar-refractivity contribution is 9.10. The van der Waals surface area contributed by atoms with Crippen molar-refractivity contribution in [3.63, 3.8) is 0 Å². The summed E-state index contributed by atoms with van der Waals surface area (Å²) >= 11 is 4.75. The molecule has 0 amide bonds. The van der Waals surface area contributed by atoms with Crippen molar-refractivity contribution in [2.24, 2.45) is 0 Å². The van der Waals surface area contributed by atoms with Crippen LogP contribution in [0.25, 0.3) is 0 Å². The maximum absolute atomic E-state index is 11.5. The number of halogens is 1. The molecule has 1 aromatic rings. The summed E-state index contributed by atoms with van der Waals surface area (Å²) in [7, 11) is 1.38. The van der Waals surface area contributed by atoms with Crippen LogP contribution in [0.5, 0.6) is 5.75 Å². The molecular weight excluding hydrogens is 292 g/mol. The molecule has 0 atom stereocenters. The standard InChI is InChI=1S/C11H13BrO3S/c1-14-11(13)10-9(8(12)6-16-10)15-7-4-2-3-5-7/h6-7H,2-5H2,1H3. The molecule has 1 aliphatic carbocycles. The van der Waals surface area contributed by atoms with Crippen molar-refractivity contribution in [3.8, 4) is 5.75 Å². The van der Waals surface area contributed by atoms with Crippen LogP contribution < -0.4 is 4.74 Å². The molecule has 0 spiro atoms. The van der Waals surface area contributed by atoms with E-state index in [1.807, 2.05) is 5.38 Å². The lowest BCUT2D eigenvalue weighted by molar-refractivity contribution is 0.0599. The van der Waals surface area contributed by atoms with Gasteiger partial charge < -0.3 is 9.47 Å². The molecule has 3 nitrogen and oxygen atoms in total. The Kier molecular flexibility index (Phi) is 3.86. The Bertz CT molecular complexity index is 383. The van der Waals surface area contributed by atoms with Crippen LogP contribution in [-0.4, -0.2) is 19.2 Å². The third kappa shape index (κ3) is 2.40. The molecular formula is C11H13BrO3S. The molecule has 16 heavy (non-hydrogen) atoms. The molecule has 1 aromatic heterocycles. The highest BCUT2D eigenvalue weighted by Crippen LogP contribution is 2.38. The predicted molar refractivity (Wildman–Crippen MR) is 66.2 cm³/mol. The molecule has 1 fully saturated rings. The van der Waals surface area contributed by atoms with Crippen LogP contribution in [0.2, 0.25) is 0 Å². The van der Waals surface area contributed by atoms with Gasteiger partial charge in [0.15, 0.2) is 10.6 Å². The second-order valence-corrected chi connectivity index (χ2v) is 5.49. The lowest BCUT2D eigenvalue weighted by atomic mass is 10.3. The van der Waals surface area contributed by atoms with E-state index in [1.54, 1.807) is 0 Å². The first-order valence-electron chi connectivity index (χ1n) is 5.24. The van der Waals surface area contributed by atoms with Crippen LogP contribution in [0.1, 0.15) is 35.4 Å². The largest absolute Gasteiger partial charge is 0.487 e. The number of esters is 1. The molecule has 1 aliphatic rings. The van der Waals surface area contributed by atoms with Gasteiger partial charge in [0.2, 0.25) is 0 Å². The first-order chi connectivity index (χ1) is 7.72. The molecule has 5 heteroatoms. The van der Waals surface area contributed by atoms with Crippen molar-refractivity contribution in [2.75, 3.05) is 7.11 Å². The maximum atomic E-state index is 11.5. The Labute approximate surface area is 107 Å². The van der Waals surface area contributed by atoms with Crippen molar-refractivity contribution in [1.82, 2.24) is 0 Å². The Morgan fingerprint density at radius 2 is 2.19 bits per heavy atom. The van der Waals surface area contributed by atoms with Gasteiger partial charge in [0.25, 0.3) is 0 Å². The number of hydrogen-bond acceptors (Lipinski definition) is 4. The quantitative estimate of drug-likeness (QED) is 0.800. The summed E-state index contributed by atoms with van der Waals surface area (Å²) in [6.45, 7) is 0. The SMILES string of the molecule is COC(=O)c1scc(Br)c1OC1CCCC1. The number of thiophene rings is 1. The average molecular weight is 305 g/mol. The monoisotopic (exact) mass is 304 g/mol. The number of hydrogen-bond donors (Lipinski definition) is 0. The molecule has 2 rings (SSSR count). The van der Waals surface area contributed by atoms with Crippen LogP contribution in [0, 0.1) is 0 Å². The second kappa shape index (κ2) is 5.19. The summed E-state index contributed by atoms with van der Waals surface area (Å²) < 4.78 is 11.4. The summed E-state index contributed by atoms with van der Waals surface area (Å²) in [5, 5.41) is 1.86. The number of carbonyl (C=O) groups excluding carboxylic acids is 1. The summed E-state index contributed by atoms with van der Waals surface area (Å²) in [6, 6.07) is 0. The highest BCUT2D eigenvalue weighted by atomic mass is 79.9. The van der Waals surface area contributed by atoms with Gasteiger partial charge in [0.05, 0.1) is 17.7 Å². The molecule has 0 bridgehead atoms. The zero-order chi connectivity index (χ0) is 11.5. The van der Waals surface area contributed by atoms with Crippen molar-refractivity contribution in [2.45, 2.75) is 31.8 Å². The van der Waals surface area contributed by atoms with E-state index in [0.29, 0.717) is 10.6 Å². The van der Waals surface area contributed by atoms with Gasteiger partial charge in [-0.15, -0.1) is 11.3 Å². The average Bonchev–Trinajstić information content (AvgIpc) is 2.90. The topological polar surface area (TPSA) is 35.5 Å². The third-order valence-corrected chi connectivity index (χ3v) is 4.49. The van der Waals surface area contributed by atoms with Gasteiger partial charge in [-0.2, -0.15) is 0 Å². The highest BCUT2D eigenvalue weighted by Gasteiger charge is 2.24. The van der Waals surface area contributed by atoms with Gasteiger partial charge in [0.1, 0.15) is 0 Å². The second-order valence-electron chi connectivity index (χ2n) is 3.76. The Morgan fingerprint density at radius 3 is 2.81 bits per heavy atom. The molecule has 0 aromatic carbocycles. The van der Waals surface area contributed by atoms with Crippen molar-refractivity contribution >= 4 is 33.2 Å².